The normalized spacial score (nSPS) is 15.9. The molecule has 1 fully saturated rings. The second-order valence-corrected chi connectivity index (χ2v) is 15.1. The highest BCUT2D eigenvalue weighted by atomic mass is 16.3. The van der Waals surface area contributed by atoms with E-state index in [-0.39, 0.29) is 50.1 Å². The average molecular weight is 860 g/mol. The first-order valence-electron chi connectivity index (χ1n) is 20.4. The van der Waals surface area contributed by atoms with E-state index in [2.05, 4.69) is 26.6 Å². The van der Waals surface area contributed by atoms with Crippen molar-refractivity contribution in [3.8, 4) is 11.5 Å². The Hall–Kier alpha value is -6.57. The highest BCUT2D eigenvalue weighted by Gasteiger charge is 2.39. The number of carbonyl (C=O) groups excluding carboxylic acids is 7. The van der Waals surface area contributed by atoms with Gasteiger partial charge in [0, 0.05) is 19.4 Å². The third kappa shape index (κ3) is 14.9. The lowest BCUT2D eigenvalue weighted by Gasteiger charge is -2.29. The Labute approximate surface area is 359 Å². The van der Waals surface area contributed by atoms with E-state index in [0.29, 0.717) is 42.5 Å². The summed E-state index contributed by atoms with van der Waals surface area (Å²) in [5.74, 6) is -5.05. The van der Waals surface area contributed by atoms with Crippen molar-refractivity contribution in [2.24, 2.45) is 17.2 Å². The number of aliphatic hydroxyl groups excluding tert-OH is 1. The molecule has 0 radical (unpaired) electrons. The van der Waals surface area contributed by atoms with Crippen molar-refractivity contribution in [2.45, 2.75) is 87.6 Å². The quantitative estimate of drug-likeness (QED) is 0.0467. The van der Waals surface area contributed by atoms with Crippen LogP contribution >= 0.6 is 0 Å². The number of aromatic hydroxyl groups is 2. The molecule has 4 rings (SSSR count). The molecule has 19 heteroatoms. The summed E-state index contributed by atoms with van der Waals surface area (Å²) in [6, 6.07) is 13.9. The van der Waals surface area contributed by atoms with Crippen molar-refractivity contribution in [2.75, 3.05) is 26.2 Å². The van der Waals surface area contributed by atoms with E-state index >= 15 is 0 Å². The number of carbonyl (C=O) groups is 7. The summed E-state index contributed by atoms with van der Waals surface area (Å²) in [5, 5.41) is 41.9. The number of nitrogens with one attached hydrogen (secondary N) is 5. The van der Waals surface area contributed by atoms with Crippen molar-refractivity contribution in [3.05, 3.63) is 95.6 Å². The predicted octanol–water partition coefficient (Wildman–Crippen LogP) is -1.89. The minimum absolute atomic E-state index is 0.0110. The van der Waals surface area contributed by atoms with Crippen molar-refractivity contribution < 1.29 is 48.9 Å². The number of benzene rings is 3. The minimum atomic E-state index is -1.37. The van der Waals surface area contributed by atoms with Crippen LogP contribution in [-0.2, 0) is 52.8 Å². The zero-order valence-electron chi connectivity index (χ0n) is 34.3. The van der Waals surface area contributed by atoms with Gasteiger partial charge in [-0.1, -0.05) is 54.6 Å². The summed E-state index contributed by atoms with van der Waals surface area (Å²) in [5.41, 5.74) is 19.1. The second kappa shape index (κ2) is 24.0. The van der Waals surface area contributed by atoms with Gasteiger partial charge in [-0.2, -0.15) is 0 Å². The molecule has 14 N–H and O–H groups in total. The third-order valence-corrected chi connectivity index (χ3v) is 10.3. The van der Waals surface area contributed by atoms with Gasteiger partial charge in [0.15, 0.2) is 0 Å². The summed E-state index contributed by atoms with van der Waals surface area (Å²) in [4.78, 5) is 94.6. The molecule has 1 aliphatic heterocycles. The van der Waals surface area contributed by atoms with Gasteiger partial charge in [0.05, 0.1) is 19.2 Å². The van der Waals surface area contributed by atoms with Gasteiger partial charge < -0.3 is 64.0 Å². The van der Waals surface area contributed by atoms with Crippen LogP contribution < -0.4 is 43.8 Å². The molecule has 19 nitrogen and oxygen atoms in total. The zero-order valence-corrected chi connectivity index (χ0v) is 34.3. The lowest BCUT2D eigenvalue weighted by molar-refractivity contribution is -0.142. The Kier molecular flexibility index (Phi) is 18.6. The van der Waals surface area contributed by atoms with Crippen LogP contribution in [0.25, 0.3) is 0 Å². The number of hydrogen-bond donors (Lipinski definition) is 11. The minimum Gasteiger partial charge on any atom is -0.508 e. The molecule has 6 atom stereocenters. The van der Waals surface area contributed by atoms with E-state index in [1.54, 1.807) is 54.6 Å². The van der Waals surface area contributed by atoms with Crippen LogP contribution in [0.5, 0.6) is 11.5 Å². The van der Waals surface area contributed by atoms with Crippen LogP contribution in [0.15, 0.2) is 78.9 Å². The van der Waals surface area contributed by atoms with Crippen molar-refractivity contribution in [1.82, 2.24) is 31.5 Å². The van der Waals surface area contributed by atoms with E-state index in [9.17, 15) is 48.9 Å². The molecule has 1 saturated heterocycles. The Morgan fingerprint density at radius 2 is 1.26 bits per heavy atom. The largest absolute Gasteiger partial charge is 0.508 e. The molecule has 0 unspecified atom stereocenters. The van der Waals surface area contributed by atoms with Crippen LogP contribution in [0.1, 0.15) is 48.8 Å². The predicted molar refractivity (Wildman–Crippen MR) is 226 cm³/mol. The lowest BCUT2D eigenvalue weighted by atomic mass is 10.0. The molecule has 1 heterocycles. The number of aliphatic hydroxyl groups is 1. The maximum Gasteiger partial charge on any atom is 0.246 e. The Bertz CT molecular complexity index is 1990. The van der Waals surface area contributed by atoms with Crippen LogP contribution in [0, 0.1) is 0 Å². The Morgan fingerprint density at radius 1 is 0.677 bits per heavy atom. The van der Waals surface area contributed by atoms with Gasteiger partial charge in [0.1, 0.15) is 41.7 Å². The molecular weight excluding hydrogens is 803 g/mol. The van der Waals surface area contributed by atoms with Gasteiger partial charge in [0.25, 0.3) is 0 Å². The fraction of sp³-hybridized carbons (Fsp3) is 0.419. The molecular formula is C43H57N9O10. The number of unbranched alkanes of at least 4 members (excludes halogenated alkanes) is 1. The lowest BCUT2D eigenvalue weighted by Crippen LogP contribution is -2.58. The molecule has 334 valence electrons. The average Bonchev–Trinajstić information content (AvgIpc) is 3.76. The third-order valence-electron chi connectivity index (χ3n) is 10.3. The summed E-state index contributed by atoms with van der Waals surface area (Å²) >= 11 is 0. The van der Waals surface area contributed by atoms with Gasteiger partial charge >= 0.3 is 0 Å². The number of primary amides is 1. The highest BCUT2D eigenvalue weighted by molar-refractivity contribution is 5.96. The number of nitrogens with two attached hydrogens (primary N) is 3. The fourth-order valence-electron chi connectivity index (χ4n) is 6.93. The molecule has 62 heavy (non-hydrogen) atoms. The standard InChI is InChI=1S/C43H57N9O10/c44-19-5-4-9-32(49-39(58)31(45)21-27-11-15-29(54)16-12-27)41(60)50-33(22-26-7-2-1-3-8-26)40(59)47-24-37(56)48-34(23-28-13-17-30(55)18-14-28)43(62)52-20-6-10-36(52)42(61)51-35(25-53)38(46)57/h1-3,7-8,11-18,31-36,53-55H,4-6,9-10,19-25,44-45H2,(H2,46,57)(H,47,59)(H,48,56)(H,49,58)(H,50,60)(H,51,61)/t31-,32-,33-,34-,35-,36-/m0/s1. The summed E-state index contributed by atoms with van der Waals surface area (Å²) < 4.78 is 0. The molecule has 3 aromatic rings. The summed E-state index contributed by atoms with van der Waals surface area (Å²) in [7, 11) is 0. The molecule has 7 amide bonds. The molecule has 0 aliphatic carbocycles. The first-order chi connectivity index (χ1) is 29.7. The maximum absolute atomic E-state index is 14.1. The van der Waals surface area contributed by atoms with E-state index < -0.39 is 90.8 Å². The van der Waals surface area contributed by atoms with Crippen molar-refractivity contribution in [3.63, 3.8) is 0 Å². The zero-order chi connectivity index (χ0) is 45.2. The number of nitrogens with zero attached hydrogens (tertiary/aromatic N) is 1. The first kappa shape index (κ1) is 48.1. The SMILES string of the molecule is NCCCC[C@H](NC(=O)[C@@H](N)Cc1ccc(O)cc1)C(=O)N[C@@H](Cc1ccccc1)C(=O)NCC(=O)N[C@@H](Cc1ccc(O)cc1)C(=O)N1CCC[C@H]1C(=O)N[C@@H](CO)C(N)=O. The molecule has 0 saturated carbocycles. The molecule has 0 spiro atoms. The molecule has 3 aromatic carbocycles. The Morgan fingerprint density at radius 3 is 1.85 bits per heavy atom. The molecule has 1 aliphatic rings. The fourth-order valence-corrected chi connectivity index (χ4v) is 6.93. The smallest absolute Gasteiger partial charge is 0.246 e. The van der Waals surface area contributed by atoms with E-state index in [0.717, 1.165) is 0 Å². The van der Waals surface area contributed by atoms with E-state index in [4.69, 9.17) is 17.2 Å². The Balaban J connectivity index is 1.48. The van der Waals surface area contributed by atoms with Crippen LogP contribution in [0.3, 0.4) is 0 Å². The maximum atomic E-state index is 14.1. The molecule has 0 bridgehead atoms. The summed E-state index contributed by atoms with van der Waals surface area (Å²) in [6.07, 6.45) is 1.96. The van der Waals surface area contributed by atoms with Gasteiger partial charge in [-0.05, 0) is 86.0 Å². The van der Waals surface area contributed by atoms with Gasteiger partial charge in [-0.15, -0.1) is 0 Å². The van der Waals surface area contributed by atoms with Crippen LogP contribution in [0.4, 0.5) is 0 Å². The number of phenols is 2. The van der Waals surface area contributed by atoms with E-state index in [1.165, 1.54) is 29.2 Å². The highest BCUT2D eigenvalue weighted by Crippen LogP contribution is 2.21. The topological polar surface area (TPSA) is 322 Å². The second-order valence-electron chi connectivity index (χ2n) is 15.1. The van der Waals surface area contributed by atoms with Gasteiger partial charge in [-0.3, -0.25) is 33.6 Å². The van der Waals surface area contributed by atoms with Gasteiger partial charge in [0.2, 0.25) is 41.4 Å². The van der Waals surface area contributed by atoms with Crippen molar-refractivity contribution >= 4 is 41.4 Å². The number of likely N-dealkylation sites (tertiary alicyclic amines) is 1. The van der Waals surface area contributed by atoms with E-state index in [1.807, 2.05) is 0 Å². The number of rotatable bonds is 23. The van der Waals surface area contributed by atoms with Crippen LogP contribution in [-0.4, -0.2) is 124 Å². The first-order valence-corrected chi connectivity index (χ1v) is 20.4. The van der Waals surface area contributed by atoms with Gasteiger partial charge in [-0.25, -0.2) is 0 Å². The van der Waals surface area contributed by atoms with Crippen molar-refractivity contribution in [1.29, 1.82) is 0 Å². The molecule has 0 aromatic heterocycles. The monoisotopic (exact) mass is 859 g/mol. The number of phenolic OH excluding ortho intramolecular Hbond substituents is 2. The number of hydrogen-bond acceptors (Lipinski definition) is 12. The van der Waals surface area contributed by atoms with Crippen LogP contribution in [0.2, 0.25) is 0 Å². The summed E-state index contributed by atoms with van der Waals surface area (Å²) in [6.45, 7) is -0.870. The number of amides is 7.